The van der Waals surface area contributed by atoms with E-state index in [1.54, 1.807) is 32.3 Å². The number of rotatable bonds is 5. The van der Waals surface area contributed by atoms with Crippen LogP contribution >= 0.6 is 11.6 Å². The Morgan fingerprint density at radius 3 is 2.76 bits per heavy atom. The fourth-order valence-electron chi connectivity index (χ4n) is 1.30. The van der Waals surface area contributed by atoms with Gasteiger partial charge < -0.3 is 14.7 Å². The molecule has 0 saturated carbocycles. The first kappa shape index (κ1) is 13.8. The Balaban J connectivity index is 2.58. The largest absolute Gasteiger partial charge is 0.493 e. The van der Waals surface area contributed by atoms with Gasteiger partial charge in [-0.05, 0) is 12.1 Å². The molecular weight excluding hydrogens is 242 g/mol. The number of amides is 1. The molecule has 17 heavy (non-hydrogen) atoms. The van der Waals surface area contributed by atoms with Gasteiger partial charge >= 0.3 is 0 Å². The zero-order valence-electron chi connectivity index (χ0n) is 9.94. The molecule has 0 spiro atoms. The van der Waals surface area contributed by atoms with E-state index in [0.717, 1.165) is 0 Å². The number of ether oxygens (including phenoxy) is 1. The third kappa shape index (κ3) is 3.91. The van der Waals surface area contributed by atoms with E-state index in [0.29, 0.717) is 22.8 Å². The lowest BCUT2D eigenvalue weighted by Gasteiger charge is -2.13. The van der Waals surface area contributed by atoms with E-state index >= 15 is 0 Å². The van der Waals surface area contributed by atoms with Crippen molar-refractivity contribution in [3.63, 3.8) is 0 Å². The third-order valence-electron chi connectivity index (χ3n) is 2.31. The average Bonchev–Trinajstić information content (AvgIpc) is 2.29. The summed E-state index contributed by atoms with van der Waals surface area (Å²) in [6.45, 7) is 0.0843. The van der Waals surface area contributed by atoms with E-state index in [9.17, 15) is 4.79 Å². The molecule has 0 fully saturated rings. The van der Waals surface area contributed by atoms with Crippen LogP contribution in [0.3, 0.4) is 0 Å². The zero-order chi connectivity index (χ0) is 12.8. The minimum Gasteiger partial charge on any atom is -0.493 e. The molecule has 0 unspecified atom stereocenters. The van der Waals surface area contributed by atoms with Crippen molar-refractivity contribution in [1.82, 2.24) is 4.90 Å². The average molecular weight is 258 g/mol. The van der Waals surface area contributed by atoms with Crippen molar-refractivity contribution in [3.8, 4) is 5.75 Å². The monoisotopic (exact) mass is 257 g/mol. The molecule has 0 heterocycles. The van der Waals surface area contributed by atoms with Crippen molar-refractivity contribution in [3.05, 3.63) is 28.8 Å². The minimum atomic E-state index is -0.184. The first-order chi connectivity index (χ1) is 8.06. The summed E-state index contributed by atoms with van der Waals surface area (Å²) in [6.07, 6.45) is 0.296. The third-order valence-corrected chi connectivity index (χ3v) is 2.66. The molecule has 1 rings (SSSR count). The quantitative estimate of drug-likeness (QED) is 0.873. The first-order valence-corrected chi connectivity index (χ1v) is 5.65. The van der Waals surface area contributed by atoms with Crippen LogP contribution in [0, 0.1) is 0 Å². The van der Waals surface area contributed by atoms with Crippen molar-refractivity contribution in [1.29, 1.82) is 0 Å². The number of hydrogen-bond acceptors (Lipinski definition) is 3. The molecule has 1 aromatic rings. The van der Waals surface area contributed by atoms with Crippen LogP contribution in [-0.4, -0.2) is 36.6 Å². The summed E-state index contributed by atoms with van der Waals surface area (Å²) in [7, 11) is 3.39. The molecule has 0 atom stereocenters. The summed E-state index contributed by atoms with van der Waals surface area (Å²) in [6, 6.07) is 5.15. The summed E-state index contributed by atoms with van der Waals surface area (Å²) in [4.78, 5) is 12.8. The van der Waals surface area contributed by atoms with Crippen LogP contribution in [0.25, 0.3) is 0 Å². The van der Waals surface area contributed by atoms with Crippen LogP contribution in [0.1, 0.15) is 12.0 Å². The summed E-state index contributed by atoms with van der Waals surface area (Å²) < 4.78 is 5.44. The Kier molecular flexibility index (Phi) is 5.25. The number of carbonyl (C=O) groups is 1. The molecule has 1 aromatic carbocycles. The maximum atomic E-state index is 11.3. The van der Waals surface area contributed by atoms with Crippen molar-refractivity contribution in [2.75, 3.05) is 20.7 Å². The Hall–Kier alpha value is -1.26. The van der Waals surface area contributed by atoms with Crippen LogP contribution in [0.15, 0.2) is 18.2 Å². The van der Waals surface area contributed by atoms with Gasteiger partial charge in [0.05, 0.1) is 19.6 Å². The van der Waals surface area contributed by atoms with E-state index in [1.807, 2.05) is 0 Å². The van der Waals surface area contributed by atoms with Crippen LogP contribution in [0.4, 0.5) is 0 Å². The fourth-order valence-corrected chi connectivity index (χ4v) is 1.53. The molecule has 0 aliphatic rings. The molecule has 0 aliphatic carbocycles. The highest BCUT2D eigenvalue weighted by molar-refractivity contribution is 6.31. The van der Waals surface area contributed by atoms with Gasteiger partial charge in [0.25, 0.3) is 0 Å². The maximum absolute atomic E-state index is 11.3. The topological polar surface area (TPSA) is 49.8 Å². The molecule has 0 radical (unpaired) electrons. The van der Waals surface area contributed by atoms with Gasteiger partial charge in [-0.3, -0.25) is 4.79 Å². The van der Waals surface area contributed by atoms with Crippen LogP contribution in [-0.2, 0) is 11.4 Å². The van der Waals surface area contributed by atoms with Gasteiger partial charge in [-0.15, -0.1) is 0 Å². The second-order valence-electron chi connectivity index (χ2n) is 3.76. The Labute approximate surface area is 106 Å². The normalized spacial score (nSPS) is 10.1. The summed E-state index contributed by atoms with van der Waals surface area (Å²) in [5, 5.41) is 9.62. The predicted molar refractivity (Wildman–Crippen MR) is 66.2 cm³/mol. The molecule has 0 bridgehead atoms. The SMILES string of the molecule is CN(C)C(=O)CCOc1cccc(Cl)c1CO. The molecule has 0 aromatic heterocycles. The number of carbonyl (C=O) groups excluding carboxylic acids is 1. The van der Waals surface area contributed by atoms with Crippen molar-refractivity contribution in [2.45, 2.75) is 13.0 Å². The fraction of sp³-hybridized carbons (Fsp3) is 0.417. The number of hydrogen-bond donors (Lipinski definition) is 1. The van der Waals surface area contributed by atoms with Crippen LogP contribution in [0.5, 0.6) is 5.75 Å². The van der Waals surface area contributed by atoms with Gasteiger partial charge in [-0.1, -0.05) is 17.7 Å². The lowest BCUT2D eigenvalue weighted by molar-refractivity contribution is -0.129. The molecule has 0 aliphatic heterocycles. The van der Waals surface area contributed by atoms with E-state index in [2.05, 4.69) is 0 Å². The van der Waals surface area contributed by atoms with Gasteiger partial charge in [0, 0.05) is 24.7 Å². The lowest BCUT2D eigenvalue weighted by atomic mass is 10.2. The van der Waals surface area contributed by atoms with Gasteiger partial charge in [-0.2, -0.15) is 0 Å². The van der Waals surface area contributed by atoms with Crippen LogP contribution in [0.2, 0.25) is 5.02 Å². The van der Waals surface area contributed by atoms with E-state index < -0.39 is 0 Å². The van der Waals surface area contributed by atoms with E-state index in [1.165, 1.54) is 4.90 Å². The first-order valence-electron chi connectivity index (χ1n) is 5.27. The molecule has 1 N–H and O–H groups in total. The lowest BCUT2D eigenvalue weighted by Crippen LogP contribution is -2.23. The van der Waals surface area contributed by atoms with E-state index in [4.69, 9.17) is 21.4 Å². The van der Waals surface area contributed by atoms with E-state index in [-0.39, 0.29) is 19.1 Å². The molecule has 0 saturated heterocycles. The summed E-state index contributed by atoms with van der Waals surface area (Å²) >= 11 is 5.91. The molecule has 1 amide bonds. The Bertz CT molecular complexity index is 393. The van der Waals surface area contributed by atoms with Crippen molar-refractivity contribution >= 4 is 17.5 Å². The second-order valence-corrected chi connectivity index (χ2v) is 4.17. The summed E-state index contributed by atoms with van der Waals surface area (Å²) in [5.41, 5.74) is 0.548. The predicted octanol–water partition coefficient (Wildman–Crippen LogP) is 1.69. The number of aliphatic hydroxyl groups is 1. The number of aliphatic hydroxyl groups excluding tert-OH is 1. The number of nitrogens with zero attached hydrogens (tertiary/aromatic N) is 1. The second kappa shape index (κ2) is 6.47. The van der Waals surface area contributed by atoms with Gasteiger partial charge in [0.1, 0.15) is 5.75 Å². The van der Waals surface area contributed by atoms with Crippen molar-refractivity contribution < 1.29 is 14.6 Å². The maximum Gasteiger partial charge on any atom is 0.225 e. The Morgan fingerprint density at radius 2 is 2.18 bits per heavy atom. The molecular formula is C12H16ClNO3. The highest BCUT2D eigenvalue weighted by Gasteiger charge is 2.08. The zero-order valence-corrected chi connectivity index (χ0v) is 10.7. The van der Waals surface area contributed by atoms with Crippen molar-refractivity contribution in [2.24, 2.45) is 0 Å². The molecule has 5 heteroatoms. The smallest absolute Gasteiger partial charge is 0.225 e. The number of halogens is 1. The number of benzene rings is 1. The minimum absolute atomic E-state index is 0.00224. The standard InChI is InChI=1S/C12H16ClNO3/c1-14(2)12(16)6-7-17-11-5-3-4-10(13)9(11)8-15/h3-5,15H,6-8H2,1-2H3. The van der Waals surface area contributed by atoms with Crippen LogP contribution < -0.4 is 4.74 Å². The van der Waals surface area contributed by atoms with Gasteiger partial charge in [0.15, 0.2) is 0 Å². The highest BCUT2D eigenvalue weighted by atomic mass is 35.5. The van der Waals surface area contributed by atoms with Gasteiger partial charge in [0.2, 0.25) is 5.91 Å². The molecule has 94 valence electrons. The highest BCUT2D eigenvalue weighted by Crippen LogP contribution is 2.26. The summed E-state index contributed by atoms with van der Waals surface area (Å²) in [5.74, 6) is 0.518. The molecule has 4 nitrogen and oxygen atoms in total. The van der Waals surface area contributed by atoms with Gasteiger partial charge in [-0.25, -0.2) is 0 Å². The Morgan fingerprint density at radius 1 is 1.47 bits per heavy atom.